The Morgan fingerprint density at radius 2 is 1.65 bits per heavy atom. The quantitative estimate of drug-likeness (QED) is 0.614. The molecule has 7 nitrogen and oxygen atoms in total. The van der Waals surface area contributed by atoms with Crippen molar-refractivity contribution in [2.45, 2.75) is 56.0 Å². The highest BCUT2D eigenvalue weighted by atomic mass is 32.2. The molecule has 1 unspecified atom stereocenters. The molecule has 1 aromatic carbocycles. The van der Waals surface area contributed by atoms with Gasteiger partial charge in [-0.05, 0) is 63.9 Å². The van der Waals surface area contributed by atoms with Crippen molar-refractivity contribution in [3.8, 4) is 0 Å². The van der Waals surface area contributed by atoms with Gasteiger partial charge in [-0.15, -0.1) is 0 Å². The fraction of sp³-hybridized carbons (Fsp3) is 0.480. The molecule has 1 aliphatic carbocycles. The third kappa shape index (κ3) is 3.88. The van der Waals surface area contributed by atoms with Crippen molar-refractivity contribution in [3.05, 3.63) is 59.4 Å². The number of anilines is 1. The van der Waals surface area contributed by atoms with Gasteiger partial charge in [-0.3, -0.25) is 4.98 Å². The molecule has 0 amide bonds. The van der Waals surface area contributed by atoms with E-state index in [1.165, 1.54) is 0 Å². The van der Waals surface area contributed by atoms with Crippen molar-refractivity contribution >= 4 is 28.1 Å². The van der Waals surface area contributed by atoms with Crippen LogP contribution in [0, 0.1) is 6.92 Å². The molecule has 0 N–H and O–H groups in total. The molecule has 9 heteroatoms. The lowest BCUT2D eigenvalue weighted by molar-refractivity contribution is 0.00578. The van der Waals surface area contributed by atoms with Crippen LogP contribution in [-0.2, 0) is 23.9 Å². The van der Waals surface area contributed by atoms with Crippen LogP contribution in [0.5, 0.6) is 0 Å². The van der Waals surface area contributed by atoms with Gasteiger partial charge >= 0.3 is 7.12 Å². The summed E-state index contributed by atoms with van der Waals surface area (Å²) >= 11 is 0. The standard InChI is InChI=1S/C25H31BN2O5S/c1-17-6-8-19(9-7-17)34(29,30)22-15-21(26-32-24(2,3)25(4,5)33-26)20-14-18(16-27-23(20)22)28-10-12-31-13-11-28/h6-9,14-16,22H,10-13H2,1-5H3. The molecule has 2 aliphatic heterocycles. The van der Waals surface area contributed by atoms with E-state index in [0.717, 1.165) is 35.4 Å². The van der Waals surface area contributed by atoms with E-state index in [4.69, 9.17) is 19.0 Å². The fourth-order valence-electron chi connectivity index (χ4n) is 4.54. The molecule has 0 radical (unpaired) electrons. The van der Waals surface area contributed by atoms with Gasteiger partial charge in [0.2, 0.25) is 0 Å². The minimum atomic E-state index is -3.71. The maximum Gasteiger partial charge on any atom is 0.495 e. The molecule has 5 rings (SSSR count). The third-order valence-corrected chi connectivity index (χ3v) is 9.34. The molecule has 2 aromatic rings. The number of morpholine rings is 1. The lowest BCUT2D eigenvalue weighted by Gasteiger charge is -2.32. The first-order valence-corrected chi connectivity index (χ1v) is 13.3. The number of hydrogen-bond acceptors (Lipinski definition) is 7. The number of hydrogen-bond donors (Lipinski definition) is 0. The highest BCUT2D eigenvalue weighted by Crippen LogP contribution is 2.47. The van der Waals surface area contributed by atoms with E-state index in [-0.39, 0.29) is 4.90 Å². The average Bonchev–Trinajstić information content (AvgIpc) is 3.28. The van der Waals surface area contributed by atoms with Crippen LogP contribution in [0.2, 0.25) is 0 Å². The number of aryl methyl sites for hydroxylation is 1. The predicted molar refractivity (Wildman–Crippen MR) is 132 cm³/mol. The minimum Gasteiger partial charge on any atom is -0.399 e. The van der Waals surface area contributed by atoms with Crippen molar-refractivity contribution in [1.82, 2.24) is 4.98 Å². The van der Waals surface area contributed by atoms with E-state index in [1.54, 1.807) is 24.4 Å². The first kappa shape index (κ1) is 23.5. The first-order valence-electron chi connectivity index (χ1n) is 11.7. The van der Waals surface area contributed by atoms with Gasteiger partial charge in [0.15, 0.2) is 9.84 Å². The van der Waals surface area contributed by atoms with E-state index in [1.807, 2.05) is 52.8 Å². The summed E-state index contributed by atoms with van der Waals surface area (Å²) in [6, 6.07) is 8.97. The zero-order chi connectivity index (χ0) is 24.3. The monoisotopic (exact) mass is 482 g/mol. The normalized spacial score (nSPS) is 23.7. The van der Waals surface area contributed by atoms with Crippen molar-refractivity contribution in [1.29, 1.82) is 0 Å². The molecule has 0 bridgehead atoms. The van der Waals surface area contributed by atoms with Gasteiger partial charge in [-0.2, -0.15) is 0 Å². The van der Waals surface area contributed by atoms with Crippen LogP contribution in [-0.4, -0.2) is 58.0 Å². The Kier molecular flexibility index (Phi) is 5.67. The summed E-state index contributed by atoms with van der Waals surface area (Å²) in [5.41, 5.74) is 2.87. The second kappa shape index (κ2) is 8.19. The molecule has 3 heterocycles. The summed E-state index contributed by atoms with van der Waals surface area (Å²) in [7, 11) is -4.39. The highest BCUT2D eigenvalue weighted by Gasteiger charge is 2.54. The zero-order valence-electron chi connectivity index (χ0n) is 20.4. The molecule has 3 aliphatic rings. The fourth-order valence-corrected chi connectivity index (χ4v) is 6.15. The molecule has 180 valence electrons. The molecule has 1 aromatic heterocycles. The maximum absolute atomic E-state index is 13.7. The van der Waals surface area contributed by atoms with Crippen molar-refractivity contribution < 1.29 is 22.5 Å². The topological polar surface area (TPSA) is 78.0 Å². The Hall–Kier alpha value is -2.20. The van der Waals surface area contributed by atoms with E-state index in [9.17, 15) is 8.42 Å². The summed E-state index contributed by atoms with van der Waals surface area (Å²) in [6.45, 7) is 12.7. The number of fused-ring (bicyclic) bond motifs is 1. The molecule has 2 fully saturated rings. The third-order valence-electron chi connectivity index (χ3n) is 7.38. The number of benzene rings is 1. The van der Waals surface area contributed by atoms with Crippen LogP contribution in [0.25, 0.3) is 5.47 Å². The molecule has 0 spiro atoms. The summed E-state index contributed by atoms with van der Waals surface area (Å²) in [6.07, 6.45) is 3.53. The Bertz CT molecular complexity index is 1220. The number of aromatic nitrogens is 1. The van der Waals surface area contributed by atoms with Crippen LogP contribution >= 0.6 is 0 Å². The van der Waals surface area contributed by atoms with Crippen LogP contribution in [0.1, 0.15) is 49.8 Å². The molecular weight excluding hydrogens is 451 g/mol. The summed E-state index contributed by atoms with van der Waals surface area (Å²) in [5, 5.41) is -0.905. The van der Waals surface area contributed by atoms with Crippen molar-refractivity contribution in [2.75, 3.05) is 31.2 Å². The molecule has 0 saturated carbocycles. The molecule has 2 saturated heterocycles. The predicted octanol–water partition coefficient (Wildman–Crippen LogP) is 3.77. The Morgan fingerprint density at radius 1 is 1.03 bits per heavy atom. The van der Waals surface area contributed by atoms with Crippen LogP contribution in [0.3, 0.4) is 0 Å². The molecular formula is C25H31BN2O5S. The SMILES string of the molecule is Cc1ccc(S(=O)(=O)C2C=C(B3OC(C)(C)C(C)(C)O3)c3cc(N4CCOCC4)cnc32)cc1. The van der Waals surface area contributed by atoms with E-state index >= 15 is 0 Å². The van der Waals surface area contributed by atoms with Crippen molar-refractivity contribution in [2.24, 2.45) is 0 Å². The Balaban J connectivity index is 1.60. The van der Waals surface area contributed by atoms with Crippen LogP contribution in [0.4, 0.5) is 5.69 Å². The second-order valence-electron chi connectivity index (χ2n) is 10.2. The van der Waals surface area contributed by atoms with Gasteiger partial charge in [-0.1, -0.05) is 23.8 Å². The van der Waals surface area contributed by atoms with Crippen LogP contribution in [0.15, 0.2) is 47.5 Å². The summed E-state index contributed by atoms with van der Waals surface area (Å²) < 4.78 is 45.6. The Labute approximate surface area is 202 Å². The van der Waals surface area contributed by atoms with Gasteiger partial charge in [0, 0.05) is 13.1 Å². The van der Waals surface area contributed by atoms with Gasteiger partial charge < -0.3 is 18.9 Å². The molecule has 34 heavy (non-hydrogen) atoms. The maximum atomic E-state index is 13.7. The van der Waals surface area contributed by atoms with E-state index < -0.39 is 33.4 Å². The first-order chi connectivity index (χ1) is 16.0. The second-order valence-corrected chi connectivity index (χ2v) is 12.3. The number of sulfone groups is 1. The van der Waals surface area contributed by atoms with Gasteiger partial charge in [-0.25, -0.2) is 8.42 Å². The summed E-state index contributed by atoms with van der Waals surface area (Å²) in [4.78, 5) is 7.18. The largest absolute Gasteiger partial charge is 0.495 e. The highest BCUT2D eigenvalue weighted by molar-refractivity contribution is 7.91. The number of pyridine rings is 1. The van der Waals surface area contributed by atoms with E-state index in [2.05, 4.69) is 4.90 Å². The van der Waals surface area contributed by atoms with Crippen LogP contribution < -0.4 is 4.90 Å². The smallest absolute Gasteiger partial charge is 0.399 e. The number of ether oxygens (including phenoxy) is 1. The Morgan fingerprint density at radius 3 is 2.26 bits per heavy atom. The number of rotatable bonds is 4. The molecule has 1 atom stereocenters. The van der Waals surface area contributed by atoms with Gasteiger partial charge in [0.25, 0.3) is 0 Å². The van der Waals surface area contributed by atoms with Gasteiger partial charge in [0.1, 0.15) is 5.25 Å². The van der Waals surface area contributed by atoms with Gasteiger partial charge in [0.05, 0.1) is 46.9 Å². The summed E-state index contributed by atoms with van der Waals surface area (Å²) in [5.74, 6) is 0. The lowest BCUT2D eigenvalue weighted by atomic mass is 9.75. The number of nitrogens with zero attached hydrogens (tertiary/aromatic N) is 2. The van der Waals surface area contributed by atoms with Crippen molar-refractivity contribution in [3.63, 3.8) is 0 Å². The lowest BCUT2D eigenvalue weighted by Crippen LogP contribution is -2.41. The zero-order valence-corrected chi connectivity index (χ0v) is 21.2. The minimum absolute atomic E-state index is 0.277. The van der Waals surface area contributed by atoms with E-state index in [0.29, 0.717) is 18.9 Å². The average molecular weight is 482 g/mol.